The number of ether oxygens (including phenoxy) is 1. The molecule has 0 N–H and O–H groups in total. The van der Waals surface area contributed by atoms with Gasteiger partial charge in [-0.05, 0) is 43.7 Å². The second-order valence-corrected chi connectivity index (χ2v) is 5.25. The van der Waals surface area contributed by atoms with Gasteiger partial charge < -0.3 is 4.74 Å². The molecule has 0 spiro atoms. The highest BCUT2D eigenvalue weighted by atomic mass is 16.5. The predicted octanol–water partition coefficient (Wildman–Crippen LogP) is 4.50. The van der Waals surface area contributed by atoms with E-state index < -0.39 is 0 Å². The van der Waals surface area contributed by atoms with Gasteiger partial charge in [-0.25, -0.2) is 0 Å². The number of hydrogen-bond acceptors (Lipinski definition) is 1. The summed E-state index contributed by atoms with van der Waals surface area (Å²) < 4.78 is 6.05. The van der Waals surface area contributed by atoms with E-state index >= 15 is 0 Å². The summed E-state index contributed by atoms with van der Waals surface area (Å²) in [7, 11) is 0. The lowest BCUT2D eigenvalue weighted by atomic mass is 9.84. The SMILES string of the molecule is C=C(C)C1CC=C(C)C(OCc2ccccc2)C1. The molecule has 2 atom stereocenters. The van der Waals surface area contributed by atoms with Crippen LogP contribution in [0.4, 0.5) is 0 Å². The standard InChI is InChI=1S/C17H22O/c1-13(2)16-10-9-14(3)17(11-16)18-12-15-7-5-4-6-8-15/h4-9,16-17H,1,10-12H2,2-3H3. The van der Waals surface area contributed by atoms with Gasteiger partial charge in [-0.1, -0.05) is 48.6 Å². The second kappa shape index (κ2) is 6.01. The summed E-state index contributed by atoms with van der Waals surface area (Å²) in [5.41, 5.74) is 3.87. The fourth-order valence-electron chi connectivity index (χ4n) is 2.37. The van der Waals surface area contributed by atoms with Crippen molar-refractivity contribution in [1.82, 2.24) is 0 Å². The summed E-state index contributed by atoms with van der Waals surface area (Å²) in [6.45, 7) is 9.06. The summed E-state index contributed by atoms with van der Waals surface area (Å²) in [6, 6.07) is 10.4. The van der Waals surface area contributed by atoms with E-state index in [1.807, 2.05) is 6.07 Å². The molecule has 18 heavy (non-hydrogen) atoms. The van der Waals surface area contributed by atoms with Crippen LogP contribution < -0.4 is 0 Å². The molecule has 0 aliphatic heterocycles. The minimum Gasteiger partial charge on any atom is -0.369 e. The lowest BCUT2D eigenvalue weighted by Crippen LogP contribution is -2.23. The maximum Gasteiger partial charge on any atom is 0.0792 e. The van der Waals surface area contributed by atoms with Crippen molar-refractivity contribution in [2.45, 2.75) is 39.4 Å². The highest BCUT2D eigenvalue weighted by Crippen LogP contribution is 2.30. The van der Waals surface area contributed by atoms with E-state index in [0.29, 0.717) is 12.5 Å². The molecule has 0 saturated carbocycles. The van der Waals surface area contributed by atoms with Gasteiger partial charge >= 0.3 is 0 Å². The third kappa shape index (κ3) is 3.33. The topological polar surface area (TPSA) is 9.23 Å². The van der Waals surface area contributed by atoms with Crippen molar-refractivity contribution in [2.75, 3.05) is 0 Å². The van der Waals surface area contributed by atoms with Crippen LogP contribution in [0.2, 0.25) is 0 Å². The van der Waals surface area contributed by atoms with Crippen LogP contribution in [0.25, 0.3) is 0 Å². The van der Waals surface area contributed by atoms with E-state index in [1.165, 1.54) is 16.7 Å². The molecule has 1 aromatic carbocycles. The van der Waals surface area contributed by atoms with Gasteiger partial charge in [-0.15, -0.1) is 0 Å². The normalized spacial score (nSPS) is 23.6. The Bertz CT molecular complexity index is 430. The number of rotatable bonds is 4. The van der Waals surface area contributed by atoms with E-state index in [9.17, 15) is 0 Å². The lowest BCUT2D eigenvalue weighted by molar-refractivity contribution is 0.0468. The molecule has 1 heteroatoms. The van der Waals surface area contributed by atoms with Crippen LogP contribution >= 0.6 is 0 Å². The van der Waals surface area contributed by atoms with E-state index in [2.05, 4.69) is 50.8 Å². The predicted molar refractivity (Wildman–Crippen MR) is 76.3 cm³/mol. The Labute approximate surface area is 110 Å². The molecule has 1 aromatic rings. The Morgan fingerprint density at radius 3 is 2.72 bits per heavy atom. The molecule has 96 valence electrons. The molecular formula is C17H22O. The first-order chi connectivity index (χ1) is 8.66. The molecule has 0 bridgehead atoms. The summed E-state index contributed by atoms with van der Waals surface area (Å²) in [5.74, 6) is 0.578. The van der Waals surface area contributed by atoms with Crippen molar-refractivity contribution in [1.29, 1.82) is 0 Å². The van der Waals surface area contributed by atoms with E-state index in [-0.39, 0.29) is 6.10 Å². The molecule has 0 aromatic heterocycles. The van der Waals surface area contributed by atoms with E-state index in [4.69, 9.17) is 4.74 Å². The van der Waals surface area contributed by atoms with Crippen molar-refractivity contribution in [3.05, 3.63) is 59.7 Å². The van der Waals surface area contributed by atoms with Crippen LogP contribution in [0.15, 0.2) is 54.1 Å². The highest BCUT2D eigenvalue weighted by Gasteiger charge is 2.22. The lowest BCUT2D eigenvalue weighted by Gasteiger charge is -2.29. The third-order valence-corrected chi connectivity index (χ3v) is 3.72. The van der Waals surface area contributed by atoms with Crippen molar-refractivity contribution >= 4 is 0 Å². The minimum absolute atomic E-state index is 0.251. The zero-order chi connectivity index (χ0) is 13.0. The molecule has 0 radical (unpaired) electrons. The first-order valence-electron chi connectivity index (χ1n) is 6.64. The first kappa shape index (κ1) is 13.1. The van der Waals surface area contributed by atoms with Crippen molar-refractivity contribution in [3.8, 4) is 0 Å². The summed E-state index contributed by atoms with van der Waals surface area (Å²) in [6.07, 6.45) is 4.75. The van der Waals surface area contributed by atoms with Crippen LogP contribution in [0.5, 0.6) is 0 Å². The van der Waals surface area contributed by atoms with Gasteiger partial charge in [0.05, 0.1) is 12.7 Å². The third-order valence-electron chi connectivity index (χ3n) is 3.72. The quantitative estimate of drug-likeness (QED) is 0.706. The van der Waals surface area contributed by atoms with Gasteiger partial charge in [-0.3, -0.25) is 0 Å². The Kier molecular flexibility index (Phi) is 4.38. The molecule has 0 fully saturated rings. The van der Waals surface area contributed by atoms with Crippen molar-refractivity contribution < 1.29 is 4.74 Å². The summed E-state index contributed by atoms with van der Waals surface area (Å²) >= 11 is 0. The number of hydrogen-bond donors (Lipinski definition) is 0. The van der Waals surface area contributed by atoms with Gasteiger partial charge in [0.15, 0.2) is 0 Å². The molecule has 2 rings (SSSR count). The molecule has 1 nitrogen and oxygen atoms in total. The van der Waals surface area contributed by atoms with Gasteiger partial charge in [0, 0.05) is 0 Å². The molecule has 0 heterocycles. The molecule has 1 aliphatic carbocycles. The first-order valence-corrected chi connectivity index (χ1v) is 6.64. The number of allylic oxidation sites excluding steroid dienone is 2. The molecule has 1 aliphatic rings. The molecule has 0 saturated heterocycles. The molecule has 2 unspecified atom stereocenters. The van der Waals surface area contributed by atoms with Gasteiger partial charge in [0.2, 0.25) is 0 Å². The van der Waals surface area contributed by atoms with E-state index in [0.717, 1.165) is 12.8 Å². The Balaban J connectivity index is 1.94. The van der Waals surface area contributed by atoms with Crippen LogP contribution in [0.1, 0.15) is 32.3 Å². The van der Waals surface area contributed by atoms with Gasteiger partial charge in [-0.2, -0.15) is 0 Å². The smallest absolute Gasteiger partial charge is 0.0792 e. The zero-order valence-electron chi connectivity index (χ0n) is 11.4. The largest absolute Gasteiger partial charge is 0.369 e. The Hall–Kier alpha value is -1.34. The summed E-state index contributed by atoms with van der Waals surface area (Å²) in [5, 5.41) is 0. The average molecular weight is 242 g/mol. The monoisotopic (exact) mass is 242 g/mol. The Morgan fingerprint density at radius 2 is 2.06 bits per heavy atom. The maximum absolute atomic E-state index is 6.05. The summed E-state index contributed by atoms with van der Waals surface area (Å²) in [4.78, 5) is 0. The molecule has 0 amide bonds. The van der Waals surface area contributed by atoms with Crippen molar-refractivity contribution in [3.63, 3.8) is 0 Å². The number of benzene rings is 1. The zero-order valence-corrected chi connectivity index (χ0v) is 11.4. The Morgan fingerprint density at radius 1 is 1.33 bits per heavy atom. The maximum atomic E-state index is 6.05. The van der Waals surface area contributed by atoms with Crippen LogP contribution in [0, 0.1) is 5.92 Å². The van der Waals surface area contributed by atoms with Crippen molar-refractivity contribution in [2.24, 2.45) is 5.92 Å². The fraction of sp³-hybridized carbons (Fsp3) is 0.412. The second-order valence-electron chi connectivity index (χ2n) is 5.25. The van der Waals surface area contributed by atoms with Gasteiger partial charge in [0.1, 0.15) is 0 Å². The van der Waals surface area contributed by atoms with Crippen LogP contribution in [0.3, 0.4) is 0 Å². The van der Waals surface area contributed by atoms with E-state index in [1.54, 1.807) is 0 Å². The van der Waals surface area contributed by atoms with Crippen LogP contribution in [-0.2, 0) is 11.3 Å². The molecular weight excluding hydrogens is 220 g/mol. The average Bonchev–Trinajstić information content (AvgIpc) is 2.38. The fourth-order valence-corrected chi connectivity index (χ4v) is 2.37. The minimum atomic E-state index is 0.251. The van der Waals surface area contributed by atoms with Gasteiger partial charge in [0.25, 0.3) is 0 Å². The highest BCUT2D eigenvalue weighted by molar-refractivity contribution is 5.17. The van der Waals surface area contributed by atoms with Crippen LogP contribution in [-0.4, -0.2) is 6.10 Å².